The average Bonchev–Trinajstić information content (AvgIpc) is 2.80. The summed E-state index contributed by atoms with van der Waals surface area (Å²) < 4.78 is 0. The summed E-state index contributed by atoms with van der Waals surface area (Å²) in [6.45, 7) is 5.72. The van der Waals surface area contributed by atoms with E-state index in [2.05, 4.69) is 10.6 Å². The Morgan fingerprint density at radius 3 is 2.89 bits per heavy atom. The molecule has 1 aromatic carbocycles. The van der Waals surface area contributed by atoms with Crippen molar-refractivity contribution in [3.8, 4) is 0 Å². The third-order valence-corrected chi connectivity index (χ3v) is 4.15. The Bertz CT molecular complexity index is 455. The molecule has 104 valence electrons. The van der Waals surface area contributed by atoms with Crippen molar-refractivity contribution < 1.29 is 4.79 Å². The van der Waals surface area contributed by atoms with Crippen LogP contribution in [-0.2, 0) is 11.2 Å². The Morgan fingerprint density at radius 2 is 2.26 bits per heavy atom. The van der Waals surface area contributed by atoms with Gasteiger partial charge in [-0.3, -0.25) is 4.79 Å². The number of carbonyl (C=O) groups excluding carboxylic acids is 1. The summed E-state index contributed by atoms with van der Waals surface area (Å²) in [6, 6.07) is 7.86. The van der Waals surface area contributed by atoms with E-state index in [4.69, 9.17) is 11.6 Å². The van der Waals surface area contributed by atoms with Gasteiger partial charge in [-0.2, -0.15) is 0 Å². The second kappa shape index (κ2) is 5.93. The molecule has 4 heteroatoms. The molecule has 1 saturated heterocycles. The minimum Gasteiger partial charge on any atom is -0.353 e. The molecular formula is C15H21ClN2O. The van der Waals surface area contributed by atoms with E-state index in [-0.39, 0.29) is 17.4 Å². The van der Waals surface area contributed by atoms with Crippen molar-refractivity contribution in [3.63, 3.8) is 0 Å². The predicted molar refractivity (Wildman–Crippen MR) is 78.4 cm³/mol. The fourth-order valence-electron chi connectivity index (χ4n) is 2.45. The van der Waals surface area contributed by atoms with Gasteiger partial charge in [0.1, 0.15) is 0 Å². The standard InChI is InChI=1S/C15H21ClN2O/c1-11(9-12-5-3-4-6-13(12)16)18-14(19)15(2)7-8-17-10-15/h3-6,11,17H,7-10H2,1-2H3,(H,18,19). The van der Waals surface area contributed by atoms with Crippen molar-refractivity contribution in [2.45, 2.75) is 32.7 Å². The van der Waals surface area contributed by atoms with E-state index >= 15 is 0 Å². The monoisotopic (exact) mass is 280 g/mol. The van der Waals surface area contributed by atoms with E-state index in [1.54, 1.807) is 0 Å². The van der Waals surface area contributed by atoms with E-state index < -0.39 is 0 Å². The molecule has 2 rings (SSSR count). The van der Waals surface area contributed by atoms with Gasteiger partial charge in [0.2, 0.25) is 5.91 Å². The summed E-state index contributed by atoms with van der Waals surface area (Å²) in [5.41, 5.74) is 0.807. The van der Waals surface area contributed by atoms with Crippen LogP contribution in [0.3, 0.4) is 0 Å². The Morgan fingerprint density at radius 1 is 1.53 bits per heavy atom. The summed E-state index contributed by atoms with van der Waals surface area (Å²) in [7, 11) is 0. The zero-order chi connectivity index (χ0) is 13.9. The van der Waals surface area contributed by atoms with Crippen molar-refractivity contribution in [1.82, 2.24) is 10.6 Å². The molecule has 1 aromatic rings. The van der Waals surface area contributed by atoms with Gasteiger partial charge in [0.15, 0.2) is 0 Å². The van der Waals surface area contributed by atoms with E-state index in [0.29, 0.717) is 0 Å². The molecule has 3 nitrogen and oxygen atoms in total. The third-order valence-electron chi connectivity index (χ3n) is 3.78. The van der Waals surface area contributed by atoms with Crippen LogP contribution in [0.1, 0.15) is 25.8 Å². The second-order valence-corrected chi connectivity index (χ2v) is 6.06. The third kappa shape index (κ3) is 3.48. The van der Waals surface area contributed by atoms with Crippen molar-refractivity contribution in [2.24, 2.45) is 5.41 Å². The van der Waals surface area contributed by atoms with Crippen LogP contribution in [0.4, 0.5) is 0 Å². The van der Waals surface area contributed by atoms with Crippen molar-refractivity contribution in [2.75, 3.05) is 13.1 Å². The van der Waals surface area contributed by atoms with Crippen LogP contribution in [0.15, 0.2) is 24.3 Å². The molecule has 19 heavy (non-hydrogen) atoms. The number of hydrogen-bond acceptors (Lipinski definition) is 2. The molecular weight excluding hydrogens is 260 g/mol. The Balaban J connectivity index is 1.93. The molecule has 0 bridgehead atoms. The second-order valence-electron chi connectivity index (χ2n) is 5.66. The van der Waals surface area contributed by atoms with Gasteiger partial charge in [0.05, 0.1) is 5.41 Å². The Labute approximate surface area is 119 Å². The topological polar surface area (TPSA) is 41.1 Å². The number of nitrogens with one attached hydrogen (secondary N) is 2. The van der Waals surface area contributed by atoms with E-state index in [0.717, 1.165) is 36.5 Å². The summed E-state index contributed by atoms with van der Waals surface area (Å²) in [6.07, 6.45) is 1.66. The molecule has 0 saturated carbocycles. The fourth-order valence-corrected chi connectivity index (χ4v) is 2.67. The van der Waals surface area contributed by atoms with Gasteiger partial charge in [-0.25, -0.2) is 0 Å². The maximum absolute atomic E-state index is 12.3. The Kier molecular flexibility index (Phi) is 4.48. The van der Waals surface area contributed by atoms with E-state index in [1.807, 2.05) is 38.1 Å². The maximum atomic E-state index is 12.3. The van der Waals surface area contributed by atoms with Crippen LogP contribution < -0.4 is 10.6 Å². The number of halogens is 1. The van der Waals surface area contributed by atoms with Crippen LogP contribution >= 0.6 is 11.6 Å². The predicted octanol–water partition coefficient (Wildman–Crippen LogP) is 2.39. The molecule has 0 aliphatic carbocycles. The summed E-state index contributed by atoms with van der Waals surface area (Å²) >= 11 is 6.14. The SMILES string of the molecule is CC(Cc1ccccc1Cl)NC(=O)C1(C)CCNC1. The number of amides is 1. The minimum absolute atomic E-state index is 0.0878. The van der Waals surface area contributed by atoms with Crippen LogP contribution in [0.2, 0.25) is 5.02 Å². The first-order valence-electron chi connectivity index (χ1n) is 6.76. The van der Waals surface area contributed by atoms with E-state index in [9.17, 15) is 4.79 Å². The van der Waals surface area contributed by atoms with Gasteiger partial charge in [-0.05, 0) is 44.9 Å². The number of rotatable bonds is 4. The van der Waals surface area contributed by atoms with Crippen molar-refractivity contribution in [3.05, 3.63) is 34.9 Å². The molecule has 1 aliphatic heterocycles. The van der Waals surface area contributed by atoms with Crippen molar-refractivity contribution in [1.29, 1.82) is 0 Å². The van der Waals surface area contributed by atoms with Crippen LogP contribution in [0.5, 0.6) is 0 Å². The smallest absolute Gasteiger partial charge is 0.227 e. The number of hydrogen-bond donors (Lipinski definition) is 2. The zero-order valence-electron chi connectivity index (χ0n) is 11.5. The van der Waals surface area contributed by atoms with Crippen LogP contribution in [0, 0.1) is 5.41 Å². The molecule has 2 unspecified atom stereocenters. The average molecular weight is 281 g/mol. The molecule has 1 aliphatic rings. The molecule has 2 atom stereocenters. The lowest BCUT2D eigenvalue weighted by atomic mass is 9.88. The lowest BCUT2D eigenvalue weighted by Crippen LogP contribution is -2.45. The largest absolute Gasteiger partial charge is 0.353 e. The summed E-state index contributed by atoms with van der Waals surface area (Å²) in [5, 5.41) is 7.11. The van der Waals surface area contributed by atoms with Gasteiger partial charge in [0, 0.05) is 17.6 Å². The van der Waals surface area contributed by atoms with Gasteiger partial charge in [0.25, 0.3) is 0 Å². The highest BCUT2D eigenvalue weighted by Gasteiger charge is 2.36. The first-order valence-corrected chi connectivity index (χ1v) is 7.14. The zero-order valence-corrected chi connectivity index (χ0v) is 12.3. The van der Waals surface area contributed by atoms with E-state index in [1.165, 1.54) is 0 Å². The highest BCUT2D eigenvalue weighted by molar-refractivity contribution is 6.31. The van der Waals surface area contributed by atoms with Crippen LogP contribution in [0.25, 0.3) is 0 Å². The van der Waals surface area contributed by atoms with Gasteiger partial charge < -0.3 is 10.6 Å². The van der Waals surface area contributed by atoms with Crippen LogP contribution in [-0.4, -0.2) is 25.0 Å². The minimum atomic E-state index is -0.269. The molecule has 0 spiro atoms. The van der Waals surface area contributed by atoms with Gasteiger partial charge in [-0.1, -0.05) is 29.8 Å². The quantitative estimate of drug-likeness (QED) is 0.889. The van der Waals surface area contributed by atoms with Crippen molar-refractivity contribution >= 4 is 17.5 Å². The lowest BCUT2D eigenvalue weighted by molar-refractivity contribution is -0.129. The molecule has 0 aromatic heterocycles. The molecule has 0 radical (unpaired) electrons. The molecule has 2 N–H and O–H groups in total. The highest BCUT2D eigenvalue weighted by Crippen LogP contribution is 2.25. The maximum Gasteiger partial charge on any atom is 0.227 e. The van der Waals surface area contributed by atoms with Gasteiger partial charge in [-0.15, -0.1) is 0 Å². The molecule has 1 amide bonds. The lowest BCUT2D eigenvalue weighted by Gasteiger charge is -2.24. The number of benzene rings is 1. The van der Waals surface area contributed by atoms with Gasteiger partial charge >= 0.3 is 0 Å². The molecule has 1 heterocycles. The highest BCUT2D eigenvalue weighted by atomic mass is 35.5. The first-order chi connectivity index (χ1) is 9.01. The summed E-state index contributed by atoms with van der Waals surface area (Å²) in [5.74, 6) is 0.136. The fraction of sp³-hybridized carbons (Fsp3) is 0.533. The summed E-state index contributed by atoms with van der Waals surface area (Å²) in [4.78, 5) is 12.3. The Hall–Kier alpha value is -1.06. The normalized spacial score (nSPS) is 24.2. The first kappa shape index (κ1) is 14.4. The number of carbonyl (C=O) groups is 1. The molecule has 1 fully saturated rings.